The average Bonchev–Trinajstić information content (AvgIpc) is 2.90. The molecule has 0 aliphatic heterocycles. The Kier molecular flexibility index (Phi) is 3.74. The molecule has 1 aromatic heterocycles. The number of ketones is 1. The van der Waals surface area contributed by atoms with Gasteiger partial charge in [-0.2, -0.15) is 5.10 Å². The summed E-state index contributed by atoms with van der Waals surface area (Å²) in [6.45, 7) is 1.65. The molecule has 21 heavy (non-hydrogen) atoms. The minimum Gasteiger partial charge on any atom is -0.300 e. The second-order valence-electron chi connectivity index (χ2n) is 5.84. The van der Waals surface area contributed by atoms with Crippen LogP contribution in [0.1, 0.15) is 50.6 Å². The highest BCUT2D eigenvalue weighted by Gasteiger charge is 2.25. The topological polar surface area (TPSA) is 34.9 Å². The molecule has 0 saturated heterocycles. The van der Waals surface area contributed by atoms with Crippen LogP contribution in [0.2, 0.25) is 0 Å². The fourth-order valence-corrected chi connectivity index (χ4v) is 3.12. The van der Waals surface area contributed by atoms with E-state index in [1.165, 1.54) is 12.1 Å². The van der Waals surface area contributed by atoms with E-state index in [9.17, 15) is 13.6 Å². The van der Waals surface area contributed by atoms with Crippen molar-refractivity contribution in [1.82, 2.24) is 9.78 Å². The molecule has 0 amide bonds. The van der Waals surface area contributed by atoms with Crippen molar-refractivity contribution < 1.29 is 13.6 Å². The van der Waals surface area contributed by atoms with E-state index in [1.54, 1.807) is 13.0 Å². The Bertz CT molecular complexity index is 657. The van der Waals surface area contributed by atoms with E-state index in [0.29, 0.717) is 5.52 Å². The van der Waals surface area contributed by atoms with E-state index >= 15 is 0 Å². The van der Waals surface area contributed by atoms with Gasteiger partial charge in [-0.25, -0.2) is 8.78 Å². The van der Waals surface area contributed by atoms with Gasteiger partial charge in [0.1, 0.15) is 5.78 Å². The lowest BCUT2D eigenvalue weighted by atomic mass is 9.84. The van der Waals surface area contributed by atoms with E-state index < -0.39 is 6.43 Å². The van der Waals surface area contributed by atoms with Gasteiger partial charge in [0, 0.05) is 23.1 Å². The smallest absolute Gasteiger partial charge is 0.263 e. The second-order valence-corrected chi connectivity index (χ2v) is 5.84. The summed E-state index contributed by atoms with van der Waals surface area (Å²) in [6, 6.07) is 4.87. The quantitative estimate of drug-likeness (QED) is 0.845. The first-order valence-corrected chi connectivity index (χ1v) is 7.32. The molecule has 1 heterocycles. The number of carbonyl (C=O) groups is 1. The SMILES string of the molecule is CC(=O)[C@H]1CC[C@H](n2cc3ccc(C(F)F)cc3n2)CC1. The molecule has 0 N–H and O–H groups in total. The lowest BCUT2D eigenvalue weighted by Gasteiger charge is -2.27. The monoisotopic (exact) mass is 292 g/mol. The maximum absolute atomic E-state index is 12.7. The third kappa shape index (κ3) is 2.82. The molecular weight excluding hydrogens is 274 g/mol. The van der Waals surface area contributed by atoms with Crippen LogP contribution in [0.15, 0.2) is 24.4 Å². The van der Waals surface area contributed by atoms with Gasteiger partial charge in [0.15, 0.2) is 0 Å². The maximum Gasteiger partial charge on any atom is 0.263 e. The normalized spacial score (nSPS) is 22.9. The van der Waals surface area contributed by atoms with Gasteiger partial charge in [0.2, 0.25) is 0 Å². The van der Waals surface area contributed by atoms with Crippen molar-refractivity contribution in [3.05, 3.63) is 30.0 Å². The van der Waals surface area contributed by atoms with Gasteiger partial charge in [-0.1, -0.05) is 12.1 Å². The zero-order valence-corrected chi connectivity index (χ0v) is 11.9. The predicted molar refractivity (Wildman–Crippen MR) is 76.4 cm³/mol. The van der Waals surface area contributed by atoms with Gasteiger partial charge in [-0.05, 0) is 38.7 Å². The number of hydrogen-bond acceptors (Lipinski definition) is 2. The number of hydrogen-bond donors (Lipinski definition) is 0. The van der Waals surface area contributed by atoms with Gasteiger partial charge in [0.25, 0.3) is 6.43 Å². The Balaban J connectivity index is 1.80. The lowest BCUT2D eigenvalue weighted by molar-refractivity contribution is -0.121. The summed E-state index contributed by atoms with van der Waals surface area (Å²) < 4.78 is 27.3. The molecule has 1 aliphatic rings. The number of benzene rings is 1. The number of Topliss-reactive ketones (excluding diaryl/α,β-unsaturated/α-hetero) is 1. The molecule has 0 unspecified atom stereocenters. The summed E-state index contributed by atoms with van der Waals surface area (Å²) in [5.41, 5.74) is 0.620. The van der Waals surface area contributed by atoms with Crippen LogP contribution in [-0.2, 0) is 4.79 Å². The van der Waals surface area contributed by atoms with Crippen molar-refractivity contribution >= 4 is 16.7 Å². The summed E-state index contributed by atoms with van der Waals surface area (Å²) in [6.07, 6.45) is 3.06. The average molecular weight is 292 g/mol. The zero-order valence-electron chi connectivity index (χ0n) is 11.9. The van der Waals surface area contributed by atoms with Crippen molar-refractivity contribution in [2.24, 2.45) is 5.92 Å². The van der Waals surface area contributed by atoms with Crippen molar-refractivity contribution in [3.63, 3.8) is 0 Å². The summed E-state index contributed by atoms with van der Waals surface area (Å²) in [7, 11) is 0. The first-order valence-electron chi connectivity index (χ1n) is 7.32. The largest absolute Gasteiger partial charge is 0.300 e. The van der Waals surface area contributed by atoms with Crippen LogP contribution in [0.5, 0.6) is 0 Å². The molecule has 0 spiro atoms. The molecule has 0 atom stereocenters. The highest BCUT2D eigenvalue weighted by Crippen LogP contribution is 2.33. The number of aromatic nitrogens is 2. The third-order valence-electron chi connectivity index (χ3n) is 4.45. The number of nitrogens with zero attached hydrogens (tertiary/aromatic N) is 2. The molecule has 3 nitrogen and oxygen atoms in total. The molecular formula is C16H18F2N2O. The molecule has 3 rings (SSSR count). The van der Waals surface area contributed by atoms with Crippen LogP contribution in [-0.4, -0.2) is 15.6 Å². The predicted octanol–water partition coefficient (Wildman–Crippen LogP) is 4.29. The van der Waals surface area contributed by atoms with Crippen molar-refractivity contribution in [2.75, 3.05) is 0 Å². The van der Waals surface area contributed by atoms with Gasteiger partial charge in [0.05, 0.1) is 11.6 Å². The maximum atomic E-state index is 12.7. The number of carbonyl (C=O) groups excluding carboxylic acids is 1. The van der Waals surface area contributed by atoms with Gasteiger partial charge in [-0.15, -0.1) is 0 Å². The van der Waals surface area contributed by atoms with Crippen LogP contribution < -0.4 is 0 Å². The van der Waals surface area contributed by atoms with Crippen molar-refractivity contribution in [3.8, 4) is 0 Å². The van der Waals surface area contributed by atoms with Gasteiger partial charge >= 0.3 is 0 Å². The summed E-state index contributed by atoms with van der Waals surface area (Å²) in [5.74, 6) is 0.442. The number of rotatable bonds is 3. The summed E-state index contributed by atoms with van der Waals surface area (Å²) in [4.78, 5) is 11.4. The summed E-state index contributed by atoms with van der Waals surface area (Å²) in [5, 5.41) is 5.33. The summed E-state index contributed by atoms with van der Waals surface area (Å²) >= 11 is 0. The molecule has 1 aliphatic carbocycles. The third-order valence-corrected chi connectivity index (χ3v) is 4.45. The first kappa shape index (κ1) is 14.2. The Labute approximate surface area is 121 Å². The highest BCUT2D eigenvalue weighted by atomic mass is 19.3. The van der Waals surface area contributed by atoms with Crippen LogP contribution in [0.4, 0.5) is 8.78 Å². The van der Waals surface area contributed by atoms with E-state index in [1.807, 2.05) is 10.9 Å². The fourth-order valence-electron chi connectivity index (χ4n) is 3.12. The van der Waals surface area contributed by atoms with Crippen LogP contribution in [0, 0.1) is 5.92 Å². The second kappa shape index (κ2) is 5.54. The van der Waals surface area contributed by atoms with E-state index in [0.717, 1.165) is 31.1 Å². The molecule has 1 aromatic carbocycles. The van der Waals surface area contributed by atoms with Crippen LogP contribution in [0.25, 0.3) is 10.9 Å². The number of alkyl halides is 2. The van der Waals surface area contributed by atoms with Gasteiger partial charge < -0.3 is 0 Å². The van der Waals surface area contributed by atoms with Crippen molar-refractivity contribution in [2.45, 2.75) is 45.1 Å². The molecule has 2 aromatic rings. The Hall–Kier alpha value is -1.78. The highest BCUT2D eigenvalue weighted by molar-refractivity contribution is 5.79. The Morgan fingerprint density at radius 2 is 2.00 bits per heavy atom. The van der Waals surface area contributed by atoms with Crippen molar-refractivity contribution in [1.29, 1.82) is 0 Å². The van der Waals surface area contributed by atoms with E-state index in [4.69, 9.17) is 0 Å². The Morgan fingerprint density at radius 1 is 1.29 bits per heavy atom. The minimum absolute atomic E-state index is 0.00744. The number of fused-ring (bicyclic) bond motifs is 1. The van der Waals surface area contributed by atoms with E-state index in [-0.39, 0.29) is 23.3 Å². The van der Waals surface area contributed by atoms with Crippen LogP contribution in [0.3, 0.4) is 0 Å². The van der Waals surface area contributed by atoms with Gasteiger partial charge in [-0.3, -0.25) is 9.48 Å². The molecule has 1 fully saturated rings. The van der Waals surface area contributed by atoms with E-state index in [2.05, 4.69) is 5.10 Å². The molecule has 5 heteroatoms. The molecule has 112 valence electrons. The molecule has 0 bridgehead atoms. The lowest BCUT2D eigenvalue weighted by Crippen LogP contribution is -2.22. The zero-order chi connectivity index (χ0) is 15.0. The minimum atomic E-state index is -2.47. The standard InChI is InChI=1S/C16H18F2N2O/c1-10(21)11-4-6-14(7-5-11)20-9-13-3-2-12(16(17)18)8-15(13)19-20/h2-3,8-9,11,14,16H,4-7H2,1H3/t11-,14-. The number of halogens is 2. The molecule has 0 radical (unpaired) electrons. The first-order chi connectivity index (χ1) is 10.0. The van der Waals surface area contributed by atoms with Crippen LogP contribution >= 0.6 is 0 Å². The molecule has 1 saturated carbocycles. The fraction of sp³-hybridized carbons (Fsp3) is 0.500. The Morgan fingerprint density at radius 3 is 2.62 bits per heavy atom.